The van der Waals surface area contributed by atoms with Crippen molar-refractivity contribution in [1.29, 1.82) is 0 Å². The molecule has 1 atom stereocenters. The standard InChI is InChI=1S/C15H17FN2O4S/c16-23(21,22)10-11-8-15(20)18(9-11)13-5-3-12(4-6-13)17-7-1-2-14(17)19/h3-6,11H,1-2,7-10H2. The van der Waals surface area contributed by atoms with Gasteiger partial charge < -0.3 is 9.80 Å². The summed E-state index contributed by atoms with van der Waals surface area (Å²) in [6.45, 7) is 0.876. The molecule has 1 unspecified atom stereocenters. The number of amides is 2. The first-order valence-corrected chi connectivity index (χ1v) is 9.02. The molecule has 0 bridgehead atoms. The Kier molecular flexibility index (Phi) is 4.09. The van der Waals surface area contributed by atoms with E-state index in [1.807, 2.05) is 0 Å². The lowest BCUT2D eigenvalue weighted by Gasteiger charge is -2.19. The Morgan fingerprint density at radius 1 is 1.04 bits per heavy atom. The highest BCUT2D eigenvalue weighted by Gasteiger charge is 2.33. The minimum absolute atomic E-state index is 0.0233. The predicted octanol–water partition coefficient (Wildman–Crippen LogP) is 1.47. The van der Waals surface area contributed by atoms with Gasteiger partial charge in [0.15, 0.2) is 0 Å². The largest absolute Gasteiger partial charge is 0.312 e. The molecule has 8 heteroatoms. The van der Waals surface area contributed by atoms with E-state index >= 15 is 0 Å². The summed E-state index contributed by atoms with van der Waals surface area (Å²) in [5.74, 6) is -1.29. The number of benzene rings is 1. The summed E-state index contributed by atoms with van der Waals surface area (Å²) in [5, 5.41) is 0. The van der Waals surface area contributed by atoms with Crippen LogP contribution in [0.2, 0.25) is 0 Å². The van der Waals surface area contributed by atoms with Gasteiger partial charge in [-0.05, 0) is 30.7 Å². The van der Waals surface area contributed by atoms with Crippen LogP contribution in [0.1, 0.15) is 19.3 Å². The van der Waals surface area contributed by atoms with Crippen LogP contribution in [0.15, 0.2) is 24.3 Å². The lowest BCUT2D eigenvalue weighted by molar-refractivity contribution is -0.118. The van der Waals surface area contributed by atoms with Crippen molar-refractivity contribution in [2.75, 3.05) is 28.6 Å². The minimum Gasteiger partial charge on any atom is -0.312 e. The third kappa shape index (κ3) is 3.52. The normalized spacial score (nSPS) is 22.2. The van der Waals surface area contributed by atoms with Gasteiger partial charge in [0, 0.05) is 43.2 Å². The fourth-order valence-corrected chi connectivity index (χ4v) is 3.94. The summed E-state index contributed by atoms with van der Waals surface area (Å²) in [6.07, 6.45) is 1.41. The molecule has 2 aliphatic heterocycles. The molecule has 0 aliphatic carbocycles. The van der Waals surface area contributed by atoms with Gasteiger partial charge >= 0.3 is 10.2 Å². The van der Waals surface area contributed by atoms with Crippen molar-refractivity contribution in [3.63, 3.8) is 0 Å². The van der Waals surface area contributed by atoms with Gasteiger partial charge in [0.05, 0.1) is 5.75 Å². The molecule has 124 valence electrons. The zero-order valence-corrected chi connectivity index (χ0v) is 13.3. The van der Waals surface area contributed by atoms with Gasteiger partial charge in [-0.15, -0.1) is 3.89 Å². The van der Waals surface area contributed by atoms with Crippen LogP contribution in [0.3, 0.4) is 0 Å². The van der Waals surface area contributed by atoms with Crippen LogP contribution in [-0.4, -0.2) is 39.1 Å². The first kappa shape index (κ1) is 15.9. The summed E-state index contributed by atoms with van der Waals surface area (Å²) in [6, 6.07) is 6.99. The Labute approximate surface area is 134 Å². The first-order chi connectivity index (χ1) is 10.8. The van der Waals surface area contributed by atoms with E-state index in [-0.39, 0.29) is 24.8 Å². The second-order valence-electron chi connectivity index (χ2n) is 5.95. The molecule has 0 spiro atoms. The molecule has 2 fully saturated rings. The molecule has 2 aliphatic rings. The van der Waals surface area contributed by atoms with Crippen LogP contribution in [0, 0.1) is 5.92 Å². The smallest absolute Gasteiger partial charge is 0.302 e. The van der Waals surface area contributed by atoms with Crippen molar-refractivity contribution in [2.45, 2.75) is 19.3 Å². The van der Waals surface area contributed by atoms with E-state index < -0.39 is 21.9 Å². The van der Waals surface area contributed by atoms with E-state index in [1.54, 1.807) is 29.2 Å². The highest BCUT2D eigenvalue weighted by atomic mass is 32.3. The highest BCUT2D eigenvalue weighted by Crippen LogP contribution is 2.29. The zero-order valence-electron chi connectivity index (χ0n) is 12.4. The molecule has 0 saturated carbocycles. The molecule has 2 heterocycles. The van der Waals surface area contributed by atoms with E-state index in [0.717, 1.165) is 12.1 Å². The molecule has 2 amide bonds. The number of nitrogens with zero attached hydrogens (tertiary/aromatic N) is 2. The number of hydrogen-bond donors (Lipinski definition) is 0. The van der Waals surface area contributed by atoms with Crippen LogP contribution in [0.4, 0.5) is 15.3 Å². The van der Waals surface area contributed by atoms with Gasteiger partial charge in [-0.1, -0.05) is 0 Å². The average Bonchev–Trinajstić information content (AvgIpc) is 3.03. The summed E-state index contributed by atoms with van der Waals surface area (Å²) < 4.78 is 34.2. The zero-order chi connectivity index (χ0) is 16.6. The number of hydrogen-bond acceptors (Lipinski definition) is 4. The minimum atomic E-state index is -4.58. The highest BCUT2D eigenvalue weighted by molar-refractivity contribution is 7.86. The molecule has 3 rings (SSSR count). The van der Waals surface area contributed by atoms with Crippen LogP contribution >= 0.6 is 0 Å². The predicted molar refractivity (Wildman–Crippen MR) is 83.4 cm³/mol. The second-order valence-corrected chi connectivity index (χ2v) is 7.36. The Morgan fingerprint density at radius 2 is 1.65 bits per heavy atom. The molecule has 23 heavy (non-hydrogen) atoms. The van der Waals surface area contributed by atoms with Crippen molar-refractivity contribution in [2.24, 2.45) is 5.92 Å². The molecule has 0 aromatic heterocycles. The molecular formula is C15H17FN2O4S. The van der Waals surface area contributed by atoms with E-state index in [9.17, 15) is 21.9 Å². The number of carbonyl (C=O) groups is 2. The third-order valence-corrected chi connectivity index (χ3v) is 5.06. The summed E-state index contributed by atoms with van der Waals surface area (Å²) in [4.78, 5) is 26.9. The summed E-state index contributed by atoms with van der Waals surface area (Å²) in [7, 11) is -4.58. The Balaban J connectivity index is 1.72. The first-order valence-electron chi connectivity index (χ1n) is 7.46. The van der Waals surface area contributed by atoms with Crippen molar-refractivity contribution in [3.05, 3.63) is 24.3 Å². The van der Waals surface area contributed by atoms with E-state index in [4.69, 9.17) is 0 Å². The van der Waals surface area contributed by atoms with Crippen molar-refractivity contribution in [3.8, 4) is 0 Å². The van der Waals surface area contributed by atoms with Crippen molar-refractivity contribution in [1.82, 2.24) is 0 Å². The number of anilines is 2. The lowest BCUT2D eigenvalue weighted by atomic mass is 10.1. The Bertz CT molecular complexity index is 732. The van der Waals surface area contributed by atoms with Gasteiger partial charge in [-0.25, -0.2) is 0 Å². The second kappa shape index (κ2) is 5.92. The molecule has 1 aromatic rings. The maximum atomic E-state index is 12.8. The molecule has 2 saturated heterocycles. The molecule has 0 N–H and O–H groups in total. The van der Waals surface area contributed by atoms with E-state index in [0.29, 0.717) is 18.7 Å². The van der Waals surface area contributed by atoms with Crippen LogP contribution in [0.25, 0.3) is 0 Å². The number of halogens is 1. The van der Waals surface area contributed by atoms with Crippen LogP contribution in [0.5, 0.6) is 0 Å². The molecule has 1 aromatic carbocycles. The molecule has 6 nitrogen and oxygen atoms in total. The van der Waals surface area contributed by atoms with Gasteiger partial charge in [0.2, 0.25) is 11.8 Å². The fourth-order valence-electron chi connectivity index (χ4n) is 3.16. The molecular weight excluding hydrogens is 323 g/mol. The van der Waals surface area contributed by atoms with Crippen molar-refractivity contribution >= 4 is 33.4 Å². The monoisotopic (exact) mass is 340 g/mol. The molecule has 0 radical (unpaired) electrons. The lowest BCUT2D eigenvalue weighted by Crippen LogP contribution is -2.26. The van der Waals surface area contributed by atoms with Gasteiger partial charge in [-0.3, -0.25) is 9.59 Å². The number of carbonyl (C=O) groups excluding carboxylic acids is 2. The van der Waals surface area contributed by atoms with Gasteiger partial charge in [0.1, 0.15) is 0 Å². The van der Waals surface area contributed by atoms with Crippen molar-refractivity contribution < 1.29 is 21.9 Å². The van der Waals surface area contributed by atoms with E-state index in [1.165, 1.54) is 4.90 Å². The maximum absolute atomic E-state index is 12.8. The Morgan fingerprint density at radius 3 is 2.17 bits per heavy atom. The quantitative estimate of drug-likeness (QED) is 0.778. The van der Waals surface area contributed by atoms with E-state index in [2.05, 4.69) is 0 Å². The third-order valence-electron chi connectivity index (χ3n) is 4.19. The summed E-state index contributed by atoms with van der Waals surface area (Å²) >= 11 is 0. The SMILES string of the molecule is O=C1CCCN1c1ccc(N2CC(CS(=O)(=O)F)CC2=O)cc1. The van der Waals surface area contributed by atoms with Gasteiger partial charge in [0.25, 0.3) is 0 Å². The topological polar surface area (TPSA) is 74.8 Å². The van der Waals surface area contributed by atoms with Gasteiger partial charge in [-0.2, -0.15) is 8.42 Å². The maximum Gasteiger partial charge on any atom is 0.302 e. The summed E-state index contributed by atoms with van der Waals surface area (Å²) in [5.41, 5.74) is 1.41. The average molecular weight is 340 g/mol. The number of rotatable bonds is 4. The fraction of sp³-hybridized carbons (Fsp3) is 0.467. The Hall–Kier alpha value is -1.96. The van der Waals surface area contributed by atoms with Crippen LogP contribution in [-0.2, 0) is 19.8 Å². The van der Waals surface area contributed by atoms with Crippen LogP contribution < -0.4 is 9.80 Å².